The molecule has 0 aliphatic heterocycles. The van der Waals surface area contributed by atoms with Crippen LogP contribution in [0.1, 0.15) is 0 Å². The molecule has 0 aliphatic carbocycles. The smallest absolute Gasteiger partial charge is 0.152 e. The molecule has 0 atom stereocenters. The van der Waals surface area contributed by atoms with Gasteiger partial charge in [-0.2, -0.15) is 0 Å². The molecule has 3 nitrogen and oxygen atoms in total. The topological polar surface area (TPSA) is 41.8 Å². The predicted octanol–water partition coefficient (Wildman–Crippen LogP) is 3.48. The molecule has 0 bridgehead atoms. The summed E-state index contributed by atoms with van der Waals surface area (Å²) in [5, 5.41) is 0. The molecule has 84 valence electrons. The van der Waals surface area contributed by atoms with Crippen molar-refractivity contribution in [2.45, 2.75) is 0 Å². The minimum atomic E-state index is -0.255. The summed E-state index contributed by atoms with van der Waals surface area (Å²) in [4.78, 5) is 6.89. The summed E-state index contributed by atoms with van der Waals surface area (Å²) in [5.41, 5.74) is 1.66. The van der Waals surface area contributed by atoms with E-state index in [9.17, 15) is 4.39 Å². The van der Waals surface area contributed by atoms with E-state index in [1.54, 1.807) is 24.7 Å². The Labute approximate surface area is 96.9 Å². The van der Waals surface area contributed by atoms with Gasteiger partial charge in [0.15, 0.2) is 5.76 Å². The number of nitrogens with zero attached hydrogens (tertiary/aromatic N) is 1. The molecule has 3 aromatic rings. The van der Waals surface area contributed by atoms with Crippen LogP contribution < -0.4 is 0 Å². The van der Waals surface area contributed by atoms with Gasteiger partial charge in [0.05, 0.1) is 12.5 Å². The maximum Gasteiger partial charge on any atom is 0.152 e. The van der Waals surface area contributed by atoms with E-state index in [4.69, 9.17) is 4.42 Å². The fourth-order valence-corrected chi connectivity index (χ4v) is 1.64. The number of rotatable bonds is 2. The molecule has 0 saturated heterocycles. The largest absolute Gasteiger partial charge is 0.454 e. The van der Waals surface area contributed by atoms with E-state index >= 15 is 0 Å². The Hall–Kier alpha value is -2.36. The highest BCUT2D eigenvalue weighted by atomic mass is 19.1. The molecule has 0 fully saturated rings. The summed E-state index contributed by atoms with van der Waals surface area (Å²) in [7, 11) is 0. The van der Waals surface area contributed by atoms with Crippen molar-refractivity contribution in [1.29, 1.82) is 0 Å². The molecule has 0 spiro atoms. The number of aromatic amines is 1. The number of hydrogen-bond donors (Lipinski definition) is 1. The van der Waals surface area contributed by atoms with E-state index in [0.717, 1.165) is 11.3 Å². The van der Waals surface area contributed by atoms with Crippen molar-refractivity contribution >= 4 is 0 Å². The highest BCUT2D eigenvalue weighted by Gasteiger charge is 2.07. The van der Waals surface area contributed by atoms with Gasteiger partial charge in [-0.25, -0.2) is 9.37 Å². The van der Waals surface area contributed by atoms with E-state index < -0.39 is 0 Å². The summed E-state index contributed by atoms with van der Waals surface area (Å²) >= 11 is 0. The van der Waals surface area contributed by atoms with E-state index in [0.29, 0.717) is 11.5 Å². The lowest BCUT2D eigenvalue weighted by Crippen LogP contribution is -1.75. The average molecular weight is 228 g/mol. The first-order chi connectivity index (χ1) is 8.33. The number of imidazole rings is 1. The minimum Gasteiger partial charge on any atom is -0.454 e. The van der Waals surface area contributed by atoms with Crippen LogP contribution in [0.4, 0.5) is 4.39 Å². The molecule has 0 amide bonds. The van der Waals surface area contributed by atoms with Crippen LogP contribution in [-0.4, -0.2) is 9.97 Å². The van der Waals surface area contributed by atoms with Crippen molar-refractivity contribution in [2.75, 3.05) is 0 Å². The van der Waals surface area contributed by atoms with Crippen LogP contribution in [0.2, 0.25) is 0 Å². The molecule has 3 rings (SSSR count). The summed E-state index contributed by atoms with van der Waals surface area (Å²) in [6, 6.07) is 9.90. The monoisotopic (exact) mass is 228 g/mol. The van der Waals surface area contributed by atoms with Crippen LogP contribution in [0.25, 0.3) is 22.8 Å². The van der Waals surface area contributed by atoms with Crippen LogP contribution in [0.15, 0.2) is 53.3 Å². The third-order valence-electron chi connectivity index (χ3n) is 2.50. The van der Waals surface area contributed by atoms with Crippen LogP contribution >= 0.6 is 0 Å². The third kappa shape index (κ3) is 1.85. The molecule has 0 unspecified atom stereocenters. The standard InChI is InChI=1S/C13H9FN2O/c14-10-3-1-9(2-4-10)12-5-6-13(17-12)11-7-15-8-16-11/h1-8H,(H,15,16). The van der Waals surface area contributed by atoms with Gasteiger partial charge in [0.25, 0.3) is 0 Å². The SMILES string of the molecule is Fc1ccc(-c2ccc(-c3cnc[nH]3)o2)cc1. The number of furan rings is 1. The molecule has 2 heterocycles. The summed E-state index contributed by atoms with van der Waals surface area (Å²) in [6.07, 6.45) is 3.28. The normalized spacial score (nSPS) is 10.6. The Balaban J connectivity index is 1.98. The first-order valence-electron chi connectivity index (χ1n) is 5.17. The van der Waals surface area contributed by atoms with E-state index in [1.807, 2.05) is 12.1 Å². The molecule has 17 heavy (non-hydrogen) atoms. The second-order valence-corrected chi connectivity index (χ2v) is 3.64. The van der Waals surface area contributed by atoms with Gasteiger partial charge in [-0.15, -0.1) is 0 Å². The Morgan fingerprint density at radius 1 is 1.00 bits per heavy atom. The Kier molecular flexibility index (Phi) is 2.26. The van der Waals surface area contributed by atoms with Gasteiger partial charge in [0.2, 0.25) is 0 Å². The van der Waals surface area contributed by atoms with Gasteiger partial charge in [-0.05, 0) is 36.4 Å². The van der Waals surface area contributed by atoms with Crippen molar-refractivity contribution in [1.82, 2.24) is 9.97 Å². The number of aromatic nitrogens is 2. The molecular weight excluding hydrogens is 219 g/mol. The van der Waals surface area contributed by atoms with E-state index in [2.05, 4.69) is 9.97 Å². The fourth-order valence-electron chi connectivity index (χ4n) is 1.64. The molecule has 1 N–H and O–H groups in total. The first kappa shape index (κ1) is 9.84. The summed E-state index contributed by atoms with van der Waals surface area (Å²) in [6.45, 7) is 0. The predicted molar refractivity (Wildman–Crippen MR) is 61.7 cm³/mol. The van der Waals surface area contributed by atoms with Gasteiger partial charge in [0, 0.05) is 5.56 Å². The molecule has 0 radical (unpaired) electrons. The molecular formula is C13H9FN2O. The lowest BCUT2D eigenvalue weighted by Gasteiger charge is -1.96. The quantitative estimate of drug-likeness (QED) is 0.729. The van der Waals surface area contributed by atoms with Crippen LogP contribution in [-0.2, 0) is 0 Å². The van der Waals surface area contributed by atoms with Gasteiger partial charge in [-0.1, -0.05) is 0 Å². The van der Waals surface area contributed by atoms with E-state index in [1.165, 1.54) is 12.1 Å². The third-order valence-corrected chi connectivity index (χ3v) is 2.50. The maximum atomic E-state index is 12.8. The van der Waals surface area contributed by atoms with Gasteiger partial charge < -0.3 is 9.40 Å². The average Bonchev–Trinajstić information content (AvgIpc) is 3.00. The summed E-state index contributed by atoms with van der Waals surface area (Å²) < 4.78 is 18.4. The zero-order valence-corrected chi connectivity index (χ0v) is 8.85. The van der Waals surface area contributed by atoms with Gasteiger partial charge in [0.1, 0.15) is 17.3 Å². The number of hydrogen-bond acceptors (Lipinski definition) is 2. The first-order valence-corrected chi connectivity index (χ1v) is 5.17. The molecule has 0 aliphatic rings. The number of nitrogens with one attached hydrogen (secondary N) is 1. The number of halogens is 1. The van der Waals surface area contributed by atoms with Crippen LogP contribution in [0.5, 0.6) is 0 Å². The van der Waals surface area contributed by atoms with Gasteiger partial charge in [-0.3, -0.25) is 0 Å². The highest BCUT2D eigenvalue weighted by Crippen LogP contribution is 2.27. The zero-order chi connectivity index (χ0) is 11.7. The van der Waals surface area contributed by atoms with Crippen molar-refractivity contribution in [2.24, 2.45) is 0 Å². The minimum absolute atomic E-state index is 0.255. The number of benzene rings is 1. The Morgan fingerprint density at radius 3 is 2.47 bits per heavy atom. The molecule has 2 aromatic heterocycles. The molecule has 0 saturated carbocycles. The number of H-pyrrole nitrogens is 1. The van der Waals surface area contributed by atoms with Crippen molar-refractivity contribution in [3.05, 3.63) is 54.7 Å². The second kappa shape index (κ2) is 3.90. The lowest BCUT2D eigenvalue weighted by molar-refractivity contribution is 0.594. The van der Waals surface area contributed by atoms with E-state index in [-0.39, 0.29) is 5.82 Å². The Morgan fingerprint density at radius 2 is 1.76 bits per heavy atom. The zero-order valence-electron chi connectivity index (χ0n) is 8.85. The van der Waals surface area contributed by atoms with Gasteiger partial charge >= 0.3 is 0 Å². The Bertz CT molecular complexity index is 611. The molecule has 1 aromatic carbocycles. The summed E-state index contributed by atoms with van der Waals surface area (Å²) in [5.74, 6) is 1.16. The fraction of sp³-hybridized carbons (Fsp3) is 0. The second-order valence-electron chi connectivity index (χ2n) is 3.64. The van der Waals surface area contributed by atoms with Crippen molar-refractivity contribution in [3.8, 4) is 22.8 Å². The molecule has 4 heteroatoms. The van der Waals surface area contributed by atoms with Crippen LogP contribution in [0, 0.1) is 5.82 Å². The van der Waals surface area contributed by atoms with Crippen LogP contribution in [0.3, 0.4) is 0 Å². The van der Waals surface area contributed by atoms with Crippen molar-refractivity contribution in [3.63, 3.8) is 0 Å². The lowest BCUT2D eigenvalue weighted by atomic mass is 10.2. The van der Waals surface area contributed by atoms with Crippen molar-refractivity contribution < 1.29 is 8.81 Å². The highest BCUT2D eigenvalue weighted by molar-refractivity contribution is 5.62. The maximum absolute atomic E-state index is 12.8.